The number of fused-ring (bicyclic) bond motifs is 1. The number of benzene rings is 1. The Balaban J connectivity index is 2.09. The molecule has 0 saturated heterocycles. The van der Waals surface area contributed by atoms with Crippen LogP contribution in [0.2, 0.25) is 5.02 Å². The van der Waals surface area contributed by atoms with Gasteiger partial charge in [0.2, 0.25) is 0 Å². The first-order valence-electron chi connectivity index (χ1n) is 11.6. The van der Waals surface area contributed by atoms with Crippen LogP contribution in [0.1, 0.15) is 64.9 Å². The summed E-state index contributed by atoms with van der Waals surface area (Å²) in [6, 6.07) is 5.94. The molecule has 1 aromatic carbocycles. The number of halogens is 1. The maximum atomic E-state index is 13.1. The first-order valence-corrected chi connectivity index (χ1v) is 13.9. The highest BCUT2D eigenvalue weighted by molar-refractivity contribution is 7.93. The van der Waals surface area contributed by atoms with Crippen molar-refractivity contribution in [3.63, 3.8) is 0 Å². The molecular formula is C25H38ClNO3S. The Morgan fingerprint density at radius 1 is 1.23 bits per heavy atom. The molecule has 2 rings (SSSR count). The number of nitrogens with zero attached hydrogens (tertiary/aromatic N) is 1. The first-order chi connectivity index (χ1) is 14.6. The van der Waals surface area contributed by atoms with Crippen LogP contribution < -0.4 is 4.90 Å². The molecule has 0 spiro atoms. The van der Waals surface area contributed by atoms with Gasteiger partial charge >= 0.3 is 0 Å². The van der Waals surface area contributed by atoms with E-state index in [0.29, 0.717) is 12.5 Å². The van der Waals surface area contributed by atoms with Crippen molar-refractivity contribution >= 4 is 32.9 Å². The highest BCUT2D eigenvalue weighted by atomic mass is 35.5. The number of Topliss-reactive ketones (excluding diaryl/α,β-unsaturated/α-hetero) is 1. The van der Waals surface area contributed by atoms with Gasteiger partial charge in [-0.3, -0.25) is 4.79 Å². The van der Waals surface area contributed by atoms with Crippen LogP contribution in [0.4, 0.5) is 5.69 Å². The number of rotatable bonds is 12. The van der Waals surface area contributed by atoms with E-state index >= 15 is 0 Å². The number of allylic oxidation sites excluding steroid dienone is 1. The smallest absolute Gasteiger partial charge is 0.168 e. The number of ketones is 1. The van der Waals surface area contributed by atoms with E-state index in [4.69, 9.17) is 11.6 Å². The number of aryl methyl sites for hydroxylation is 1. The summed E-state index contributed by atoms with van der Waals surface area (Å²) in [5.41, 5.74) is 2.35. The SMILES string of the molecule is CCCC(/C=C/S(C)(=O)=O)C(CCC)CC(C)C(=O)CN1CCCc2cc(Cl)ccc21. The van der Waals surface area contributed by atoms with Crippen LogP contribution in [-0.4, -0.2) is 33.5 Å². The Labute approximate surface area is 194 Å². The average molecular weight is 468 g/mol. The number of sulfone groups is 1. The van der Waals surface area contributed by atoms with Crippen molar-refractivity contribution in [3.8, 4) is 0 Å². The maximum absolute atomic E-state index is 13.1. The monoisotopic (exact) mass is 467 g/mol. The van der Waals surface area contributed by atoms with Crippen LogP contribution in [0, 0.1) is 17.8 Å². The van der Waals surface area contributed by atoms with Crippen LogP contribution >= 0.6 is 11.6 Å². The fourth-order valence-electron chi connectivity index (χ4n) is 4.68. The van der Waals surface area contributed by atoms with Gasteiger partial charge in [-0.2, -0.15) is 0 Å². The maximum Gasteiger partial charge on any atom is 0.168 e. The molecule has 1 aliphatic heterocycles. The standard InChI is InChI=1S/C25H38ClNO3S/c1-5-8-20(13-15-31(4,29)30)21(9-6-2)16-19(3)25(28)18-27-14-7-10-22-17-23(26)11-12-24(22)27/h11-13,15,17,19-21H,5-10,14,16,18H2,1-4H3/b15-13+. The molecule has 0 amide bonds. The highest BCUT2D eigenvalue weighted by Gasteiger charge is 2.26. The molecule has 3 unspecified atom stereocenters. The molecule has 174 valence electrons. The second-order valence-corrected chi connectivity index (χ2v) is 11.4. The topological polar surface area (TPSA) is 54.5 Å². The minimum atomic E-state index is -3.15. The summed E-state index contributed by atoms with van der Waals surface area (Å²) >= 11 is 6.15. The lowest BCUT2D eigenvalue weighted by atomic mass is 9.79. The second kappa shape index (κ2) is 12.1. The molecule has 0 saturated carbocycles. The zero-order valence-corrected chi connectivity index (χ0v) is 21.0. The molecule has 1 aromatic rings. The fraction of sp³-hybridized carbons (Fsp3) is 0.640. The molecule has 0 fully saturated rings. The van der Waals surface area contributed by atoms with Crippen molar-refractivity contribution in [1.82, 2.24) is 0 Å². The quantitative estimate of drug-likeness (QED) is 0.373. The van der Waals surface area contributed by atoms with Crippen LogP contribution in [0.3, 0.4) is 0 Å². The Morgan fingerprint density at radius 2 is 1.94 bits per heavy atom. The minimum Gasteiger partial charge on any atom is -0.364 e. The van der Waals surface area contributed by atoms with Crippen molar-refractivity contribution in [3.05, 3.63) is 40.3 Å². The summed E-state index contributed by atoms with van der Waals surface area (Å²) < 4.78 is 23.3. The van der Waals surface area contributed by atoms with Crippen LogP contribution in [0.15, 0.2) is 29.7 Å². The van der Waals surface area contributed by atoms with E-state index in [2.05, 4.69) is 18.7 Å². The lowest BCUT2D eigenvalue weighted by molar-refractivity contribution is -0.121. The first kappa shape index (κ1) is 25.9. The van der Waals surface area contributed by atoms with E-state index in [0.717, 1.165) is 62.2 Å². The van der Waals surface area contributed by atoms with E-state index < -0.39 is 9.84 Å². The van der Waals surface area contributed by atoms with Crippen LogP contribution in [0.5, 0.6) is 0 Å². The van der Waals surface area contributed by atoms with Crippen LogP contribution in [0.25, 0.3) is 0 Å². The summed E-state index contributed by atoms with van der Waals surface area (Å²) in [6.45, 7) is 7.62. The third kappa shape index (κ3) is 8.27. The molecular weight excluding hydrogens is 430 g/mol. The van der Waals surface area contributed by atoms with Gasteiger partial charge in [-0.25, -0.2) is 8.42 Å². The van der Waals surface area contributed by atoms with Gasteiger partial charge in [0.05, 0.1) is 6.54 Å². The number of hydrogen-bond donors (Lipinski definition) is 0. The lowest BCUT2D eigenvalue weighted by Crippen LogP contribution is -2.37. The fourth-order valence-corrected chi connectivity index (χ4v) is 5.36. The molecule has 1 heterocycles. The zero-order chi connectivity index (χ0) is 23.0. The summed E-state index contributed by atoms with van der Waals surface area (Å²) in [4.78, 5) is 15.3. The largest absolute Gasteiger partial charge is 0.364 e. The number of carbonyl (C=O) groups excluding carboxylic acids is 1. The molecule has 1 aliphatic rings. The van der Waals surface area contributed by atoms with Gasteiger partial charge in [0.1, 0.15) is 0 Å². The van der Waals surface area contributed by atoms with Crippen LogP contribution in [-0.2, 0) is 21.1 Å². The van der Waals surface area contributed by atoms with Crippen molar-refractivity contribution in [2.75, 3.05) is 24.2 Å². The minimum absolute atomic E-state index is 0.0554. The molecule has 0 radical (unpaired) electrons. The summed E-state index contributed by atoms with van der Waals surface area (Å²) in [7, 11) is -3.15. The predicted octanol–water partition coefficient (Wildman–Crippen LogP) is 6.08. The molecule has 0 aromatic heterocycles. The zero-order valence-electron chi connectivity index (χ0n) is 19.4. The van der Waals surface area contributed by atoms with Crippen molar-refractivity contribution in [1.29, 1.82) is 0 Å². The van der Waals surface area contributed by atoms with Gasteiger partial charge in [0.25, 0.3) is 0 Å². The Morgan fingerprint density at radius 3 is 2.58 bits per heavy atom. The van der Waals surface area contributed by atoms with Gasteiger partial charge in [0, 0.05) is 34.8 Å². The number of anilines is 1. The van der Waals surface area contributed by atoms with Gasteiger partial charge in [-0.05, 0) is 61.3 Å². The number of carbonyl (C=O) groups is 1. The summed E-state index contributed by atoms with van der Waals surface area (Å²) in [5.74, 6) is 0.702. The van der Waals surface area contributed by atoms with Crippen molar-refractivity contribution < 1.29 is 13.2 Å². The van der Waals surface area contributed by atoms with Gasteiger partial charge in [-0.15, -0.1) is 0 Å². The molecule has 6 heteroatoms. The Kier molecular flexibility index (Phi) is 10.1. The number of hydrogen-bond acceptors (Lipinski definition) is 4. The van der Waals surface area contributed by atoms with Gasteiger partial charge in [-0.1, -0.05) is 57.7 Å². The second-order valence-electron chi connectivity index (χ2n) is 9.06. The highest BCUT2D eigenvalue weighted by Crippen LogP contribution is 2.32. The van der Waals surface area contributed by atoms with Crippen molar-refractivity contribution in [2.24, 2.45) is 17.8 Å². The van der Waals surface area contributed by atoms with E-state index in [1.165, 1.54) is 17.2 Å². The lowest BCUT2D eigenvalue weighted by Gasteiger charge is -2.32. The van der Waals surface area contributed by atoms with E-state index in [-0.39, 0.29) is 17.6 Å². The summed E-state index contributed by atoms with van der Waals surface area (Å²) in [6.07, 6.45) is 9.89. The molecule has 31 heavy (non-hydrogen) atoms. The predicted molar refractivity (Wildman–Crippen MR) is 132 cm³/mol. The molecule has 4 nitrogen and oxygen atoms in total. The van der Waals surface area contributed by atoms with E-state index in [1.54, 1.807) is 0 Å². The Hall–Kier alpha value is -1.33. The Bertz CT molecular complexity index is 866. The third-order valence-electron chi connectivity index (χ3n) is 6.27. The molecule has 0 aliphatic carbocycles. The van der Waals surface area contributed by atoms with E-state index in [1.807, 2.05) is 31.2 Å². The van der Waals surface area contributed by atoms with Crippen molar-refractivity contribution in [2.45, 2.75) is 65.7 Å². The average Bonchev–Trinajstić information content (AvgIpc) is 2.70. The van der Waals surface area contributed by atoms with E-state index in [9.17, 15) is 13.2 Å². The third-order valence-corrected chi connectivity index (χ3v) is 7.16. The summed E-state index contributed by atoms with van der Waals surface area (Å²) in [5, 5.41) is 2.09. The molecule has 0 N–H and O–H groups in total. The molecule has 0 bridgehead atoms. The van der Waals surface area contributed by atoms with Gasteiger partial charge < -0.3 is 4.90 Å². The molecule has 3 atom stereocenters. The normalized spacial score (nSPS) is 17.4. The van der Waals surface area contributed by atoms with Gasteiger partial charge in [0.15, 0.2) is 15.6 Å².